The van der Waals surface area contributed by atoms with Crippen LogP contribution in [-0.2, 0) is 11.2 Å². The SMILES string of the molecule is CC(C)CNC(=O)[C@H]1Cc2cc([N+](=O)[O-])ccc2N2CCN(c3cnccn3)C[C@@H]12. The van der Waals surface area contributed by atoms with E-state index in [1.54, 1.807) is 30.7 Å². The fourth-order valence-corrected chi connectivity index (χ4v) is 4.32. The monoisotopic (exact) mass is 410 g/mol. The Bertz CT molecular complexity index is 936. The summed E-state index contributed by atoms with van der Waals surface area (Å²) in [5, 5.41) is 14.3. The highest BCUT2D eigenvalue weighted by Crippen LogP contribution is 2.38. The second-order valence-corrected chi connectivity index (χ2v) is 8.29. The van der Waals surface area contributed by atoms with Gasteiger partial charge in [-0.1, -0.05) is 13.8 Å². The summed E-state index contributed by atoms with van der Waals surface area (Å²) in [6.45, 7) is 6.82. The van der Waals surface area contributed by atoms with Gasteiger partial charge in [-0.25, -0.2) is 4.98 Å². The first-order valence-electron chi connectivity index (χ1n) is 10.3. The molecule has 1 aromatic carbocycles. The number of nitro benzene ring substituents is 1. The maximum absolute atomic E-state index is 13.1. The van der Waals surface area contributed by atoms with Crippen molar-refractivity contribution >= 4 is 23.1 Å². The fourth-order valence-electron chi connectivity index (χ4n) is 4.32. The second-order valence-electron chi connectivity index (χ2n) is 8.29. The summed E-state index contributed by atoms with van der Waals surface area (Å²) < 4.78 is 0. The summed E-state index contributed by atoms with van der Waals surface area (Å²) in [5.41, 5.74) is 1.90. The smallest absolute Gasteiger partial charge is 0.269 e. The Balaban J connectivity index is 1.66. The molecule has 4 rings (SSSR count). The van der Waals surface area contributed by atoms with Gasteiger partial charge in [0, 0.05) is 56.4 Å². The van der Waals surface area contributed by atoms with Crippen molar-refractivity contribution in [3.8, 4) is 0 Å². The molecule has 1 amide bonds. The van der Waals surface area contributed by atoms with Crippen LogP contribution in [0.15, 0.2) is 36.8 Å². The first-order chi connectivity index (χ1) is 14.4. The van der Waals surface area contributed by atoms with Gasteiger partial charge in [-0.2, -0.15) is 0 Å². The number of nitrogens with one attached hydrogen (secondary N) is 1. The van der Waals surface area contributed by atoms with Gasteiger partial charge >= 0.3 is 0 Å². The third-order valence-corrected chi connectivity index (χ3v) is 5.80. The van der Waals surface area contributed by atoms with Crippen LogP contribution in [0.5, 0.6) is 0 Å². The molecule has 0 radical (unpaired) electrons. The van der Waals surface area contributed by atoms with Gasteiger partial charge in [-0.15, -0.1) is 0 Å². The number of rotatable bonds is 5. The number of benzene rings is 1. The molecule has 2 aliphatic rings. The molecule has 0 aliphatic carbocycles. The van der Waals surface area contributed by atoms with Crippen LogP contribution in [0.4, 0.5) is 17.2 Å². The van der Waals surface area contributed by atoms with Crippen LogP contribution in [0.1, 0.15) is 19.4 Å². The van der Waals surface area contributed by atoms with Gasteiger partial charge in [0.15, 0.2) is 0 Å². The summed E-state index contributed by atoms with van der Waals surface area (Å²) in [7, 11) is 0. The summed E-state index contributed by atoms with van der Waals surface area (Å²) >= 11 is 0. The second kappa shape index (κ2) is 8.25. The van der Waals surface area contributed by atoms with E-state index in [0.717, 1.165) is 23.6 Å². The lowest BCUT2D eigenvalue weighted by atomic mass is 9.83. The van der Waals surface area contributed by atoms with Crippen LogP contribution in [0.3, 0.4) is 0 Å². The third kappa shape index (κ3) is 3.92. The molecule has 1 aromatic heterocycles. The van der Waals surface area contributed by atoms with Crippen molar-refractivity contribution in [3.63, 3.8) is 0 Å². The van der Waals surface area contributed by atoms with Gasteiger partial charge in [0.1, 0.15) is 5.82 Å². The molecule has 0 bridgehead atoms. The van der Waals surface area contributed by atoms with Crippen LogP contribution in [0, 0.1) is 22.0 Å². The van der Waals surface area contributed by atoms with Crippen molar-refractivity contribution < 1.29 is 9.72 Å². The first kappa shape index (κ1) is 20.1. The number of hydrogen-bond acceptors (Lipinski definition) is 7. The minimum Gasteiger partial charge on any atom is -0.364 e. The maximum Gasteiger partial charge on any atom is 0.269 e. The Morgan fingerprint density at radius 3 is 2.87 bits per heavy atom. The topological polar surface area (TPSA) is 104 Å². The van der Waals surface area contributed by atoms with E-state index >= 15 is 0 Å². The van der Waals surface area contributed by atoms with Gasteiger partial charge in [-0.3, -0.25) is 19.9 Å². The molecular weight excluding hydrogens is 384 g/mol. The molecule has 2 atom stereocenters. The summed E-state index contributed by atoms with van der Waals surface area (Å²) in [5.74, 6) is 0.854. The molecule has 30 heavy (non-hydrogen) atoms. The van der Waals surface area contributed by atoms with Crippen molar-refractivity contribution in [2.75, 3.05) is 36.0 Å². The first-order valence-corrected chi connectivity index (χ1v) is 10.3. The standard InChI is InChI=1S/C21H26N6O3/c1-14(2)11-24-21(28)17-10-15-9-16(27(29)30)3-4-18(15)26-8-7-25(13-19(17)26)20-12-22-5-6-23-20/h3-6,9,12,14,17,19H,7-8,10-11,13H2,1-2H3,(H,24,28)/t17-,19-/m0/s1. The van der Waals surface area contributed by atoms with E-state index in [9.17, 15) is 14.9 Å². The minimum atomic E-state index is -0.383. The molecule has 9 heteroatoms. The summed E-state index contributed by atoms with van der Waals surface area (Å²) in [6.07, 6.45) is 5.54. The van der Waals surface area contributed by atoms with Crippen molar-refractivity contribution in [1.29, 1.82) is 0 Å². The lowest BCUT2D eigenvalue weighted by Gasteiger charge is -2.49. The lowest BCUT2D eigenvalue weighted by molar-refractivity contribution is -0.384. The molecule has 3 heterocycles. The molecule has 158 valence electrons. The number of piperazine rings is 1. The average molecular weight is 410 g/mol. The number of hydrogen-bond donors (Lipinski definition) is 1. The van der Waals surface area contributed by atoms with Crippen molar-refractivity contribution in [2.24, 2.45) is 11.8 Å². The number of aromatic nitrogens is 2. The van der Waals surface area contributed by atoms with E-state index in [1.165, 1.54) is 0 Å². The van der Waals surface area contributed by atoms with Crippen LogP contribution >= 0.6 is 0 Å². The Hall–Kier alpha value is -3.23. The number of carbonyl (C=O) groups excluding carboxylic acids is 1. The van der Waals surface area contributed by atoms with E-state index in [4.69, 9.17) is 0 Å². The van der Waals surface area contributed by atoms with Crippen molar-refractivity contribution in [2.45, 2.75) is 26.3 Å². The highest BCUT2D eigenvalue weighted by atomic mass is 16.6. The summed E-state index contributed by atoms with van der Waals surface area (Å²) in [4.78, 5) is 37.0. The van der Waals surface area contributed by atoms with Crippen molar-refractivity contribution in [3.05, 3.63) is 52.5 Å². The molecule has 2 aromatic rings. The van der Waals surface area contributed by atoms with Gasteiger partial charge in [0.05, 0.1) is 23.1 Å². The van der Waals surface area contributed by atoms with Crippen LogP contribution < -0.4 is 15.1 Å². The van der Waals surface area contributed by atoms with Gasteiger partial charge in [0.25, 0.3) is 5.69 Å². The van der Waals surface area contributed by atoms with Gasteiger partial charge in [0.2, 0.25) is 5.91 Å². The highest BCUT2D eigenvalue weighted by molar-refractivity contribution is 5.82. The Kier molecular flexibility index (Phi) is 5.52. The molecule has 0 unspecified atom stereocenters. The normalized spacial score (nSPS) is 20.5. The Labute approximate surface area is 175 Å². The number of nitrogens with zero attached hydrogens (tertiary/aromatic N) is 5. The van der Waals surface area contributed by atoms with Crippen LogP contribution in [-0.4, -0.2) is 53.0 Å². The maximum atomic E-state index is 13.1. The predicted molar refractivity (Wildman–Crippen MR) is 114 cm³/mol. The Morgan fingerprint density at radius 2 is 2.17 bits per heavy atom. The zero-order valence-electron chi connectivity index (χ0n) is 17.2. The zero-order valence-corrected chi connectivity index (χ0v) is 17.2. The zero-order chi connectivity index (χ0) is 21.3. The van der Waals surface area contributed by atoms with E-state index in [2.05, 4.69) is 38.9 Å². The van der Waals surface area contributed by atoms with Crippen LogP contribution in [0.25, 0.3) is 0 Å². The molecule has 1 saturated heterocycles. The number of nitro groups is 1. The average Bonchev–Trinajstić information content (AvgIpc) is 2.76. The summed E-state index contributed by atoms with van der Waals surface area (Å²) in [6, 6.07) is 4.94. The largest absolute Gasteiger partial charge is 0.364 e. The highest BCUT2D eigenvalue weighted by Gasteiger charge is 2.42. The minimum absolute atomic E-state index is 0.00291. The van der Waals surface area contributed by atoms with Gasteiger partial charge < -0.3 is 15.1 Å². The molecule has 0 saturated carbocycles. The molecule has 9 nitrogen and oxygen atoms in total. The molecule has 2 aliphatic heterocycles. The number of carbonyl (C=O) groups is 1. The van der Waals surface area contributed by atoms with E-state index < -0.39 is 0 Å². The number of amides is 1. The number of fused-ring (bicyclic) bond motifs is 3. The molecule has 1 fully saturated rings. The lowest BCUT2D eigenvalue weighted by Crippen LogP contribution is -2.61. The quantitative estimate of drug-likeness (QED) is 0.594. The van der Waals surface area contributed by atoms with Gasteiger partial charge in [-0.05, 0) is 24.0 Å². The predicted octanol–water partition coefficient (Wildman–Crippen LogP) is 2.02. The Morgan fingerprint density at radius 1 is 1.33 bits per heavy atom. The number of anilines is 2. The van der Waals surface area contributed by atoms with E-state index in [-0.39, 0.29) is 28.5 Å². The molecule has 1 N–H and O–H groups in total. The fraction of sp³-hybridized carbons (Fsp3) is 0.476. The third-order valence-electron chi connectivity index (χ3n) is 5.80. The van der Waals surface area contributed by atoms with Crippen molar-refractivity contribution in [1.82, 2.24) is 15.3 Å². The van der Waals surface area contributed by atoms with E-state index in [1.807, 2.05) is 6.07 Å². The molecule has 0 spiro atoms. The van der Waals surface area contributed by atoms with Crippen LogP contribution in [0.2, 0.25) is 0 Å². The number of non-ortho nitro benzene ring substituents is 1. The molecular formula is C21H26N6O3. The van der Waals surface area contributed by atoms with E-state index in [0.29, 0.717) is 32.0 Å².